The highest BCUT2D eigenvalue weighted by Gasteiger charge is 2.28. The van der Waals surface area contributed by atoms with Crippen LogP contribution in [0.5, 0.6) is 0 Å². The van der Waals surface area contributed by atoms with Gasteiger partial charge in [-0.3, -0.25) is 9.80 Å². The fourth-order valence-corrected chi connectivity index (χ4v) is 4.64. The van der Waals surface area contributed by atoms with Gasteiger partial charge in [-0.25, -0.2) is 0 Å². The van der Waals surface area contributed by atoms with E-state index in [1.165, 1.54) is 43.4 Å². The molecule has 0 N–H and O–H groups in total. The molecule has 0 aliphatic carbocycles. The standard InChI is InChI=1S/C16H24N2S/c1-3-18-9-8-17(10-13(18)2)11-14-12-19-16-7-5-4-6-15(14)16/h4-7,13-14H,3,8-12H2,1-2H3. The maximum Gasteiger partial charge on any atom is 0.0195 e. The molecule has 1 aromatic rings. The number of nitrogens with zero attached hydrogens (tertiary/aromatic N) is 2. The second-order valence-corrected chi connectivity index (χ2v) is 6.84. The fourth-order valence-electron chi connectivity index (χ4n) is 3.40. The Morgan fingerprint density at radius 2 is 2.11 bits per heavy atom. The quantitative estimate of drug-likeness (QED) is 0.838. The Morgan fingerprint density at radius 1 is 1.26 bits per heavy atom. The zero-order chi connectivity index (χ0) is 13.2. The molecule has 1 aromatic carbocycles. The van der Waals surface area contributed by atoms with Crippen LogP contribution in [0.15, 0.2) is 29.2 Å². The van der Waals surface area contributed by atoms with Crippen molar-refractivity contribution in [3.05, 3.63) is 29.8 Å². The van der Waals surface area contributed by atoms with Gasteiger partial charge in [0.05, 0.1) is 0 Å². The molecule has 2 atom stereocenters. The van der Waals surface area contributed by atoms with Gasteiger partial charge in [-0.15, -0.1) is 11.8 Å². The van der Waals surface area contributed by atoms with E-state index in [0.29, 0.717) is 6.04 Å². The molecular weight excluding hydrogens is 252 g/mol. The van der Waals surface area contributed by atoms with Crippen LogP contribution in [-0.2, 0) is 0 Å². The molecule has 0 bridgehead atoms. The molecule has 0 spiro atoms. The molecule has 2 aliphatic rings. The van der Waals surface area contributed by atoms with Crippen molar-refractivity contribution in [2.45, 2.75) is 30.7 Å². The van der Waals surface area contributed by atoms with Crippen LogP contribution in [0.3, 0.4) is 0 Å². The lowest BCUT2D eigenvalue weighted by Gasteiger charge is -2.40. The Bertz CT molecular complexity index is 435. The number of likely N-dealkylation sites (N-methyl/N-ethyl adjacent to an activating group) is 1. The summed E-state index contributed by atoms with van der Waals surface area (Å²) in [5, 5.41) is 0. The Labute approximate surface area is 121 Å². The molecule has 1 saturated heterocycles. The summed E-state index contributed by atoms with van der Waals surface area (Å²) in [4.78, 5) is 6.77. The molecule has 0 saturated carbocycles. The van der Waals surface area contributed by atoms with Crippen molar-refractivity contribution in [1.82, 2.24) is 9.80 Å². The third-order valence-electron chi connectivity index (χ3n) is 4.53. The number of rotatable bonds is 3. The predicted molar refractivity (Wildman–Crippen MR) is 83.1 cm³/mol. The number of hydrogen-bond donors (Lipinski definition) is 0. The molecule has 0 radical (unpaired) electrons. The van der Waals surface area contributed by atoms with Crippen molar-refractivity contribution in [3.63, 3.8) is 0 Å². The second kappa shape index (κ2) is 5.86. The van der Waals surface area contributed by atoms with Gasteiger partial charge in [0.1, 0.15) is 0 Å². The smallest absolute Gasteiger partial charge is 0.0195 e. The third kappa shape index (κ3) is 2.83. The lowest BCUT2D eigenvalue weighted by molar-refractivity contribution is 0.0852. The minimum atomic E-state index is 0.711. The van der Waals surface area contributed by atoms with Gasteiger partial charge in [0.25, 0.3) is 0 Å². The van der Waals surface area contributed by atoms with Crippen LogP contribution >= 0.6 is 11.8 Å². The molecule has 104 valence electrons. The van der Waals surface area contributed by atoms with Gasteiger partial charge in [-0.1, -0.05) is 25.1 Å². The minimum absolute atomic E-state index is 0.711. The van der Waals surface area contributed by atoms with Gasteiger partial charge in [0, 0.05) is 48.8 Å². The maximum atomic E-state index is 2.67. The topological polar surface area (TPSA) is 6.48 Å². The fraction of sp³-hybridized carbons (Fsp3) is 0.625. The Morgan fingerprint density at radius 3 is 2.89 bits per heavy atom. The largest absolute Gasteiger partial charge is 0.300 e. The van der Waals surface area contributed by atoms with Gasteiger partial charge in [-0.05, 0) is 25.1 Å². The molecule has 2 aliphatic heterocycles. The zero-order valence-electron chi connectivity index (χ0n) is 12.0. The monoisotopic (exact) mass is 276 g/mol. The first-order chi connectivity index (χ1) is 9.28. The van der Waals surface area contributed by atoms with Gasteiger partial charge in [0.2, 0.25) is 0 Å². The van der Waals surface area contributed by atoms with E-state index >= 15 is 0 Å². The van der Waals surface area contributed by atoms with E-state index in [4.69, 9.17) is 0 Å². The van der Waals surface area contributed by atoms with Crippen molar-refractivity contribution in [3.8, 4) is 0 Å². The summed E-state index contributed by atoms with van der Waals surface area (Å²) in [5.74, 6) is 2.00. The zero-order valence-corrected chi connectivity index (χ0v) is 12.8. The summed E-state index contributed by atoms with van der Waals surface area (Å²) >= 11 is 2.03. The number of thioether (sulfide) groups is 1. The molecule has 1 fully saturated rings. The summed E-state index contributed by atoms with van der Waals surface area (Å²) < 4.78 is 0. The molecule has 3 heteroatoms. The number of benzene rings is 1. The lowest BCUT2D eigenvalue weighted by atomic mass is 10.00. The van der Waals surface area contributed by atoms with E-state index < -0.39 is 0 Å². The van der Waals surface area contributed by atoms with Gasteiger partial charge >= 0.3 is 0 Å². The third-order valence-corrected chi connectivity index (χ3v) is 5.78. The number of piperazine rings is 1. The molecule has 2 heterocycles. The normalized spacial score (nSPS) is 28.5. The number of hydrogen-bond acceptors (Lipinski definition) is 3. The molecule has 0 amide bonds. The first kappa shape index (κ1) is 13.5. The summed E-state index contributed by atoms with van der Waals surface area (Å²) in [7, 11) is 0. The molecular formula is C16H24N2S. The first-order valence-corrected chi connectivity index (χ1v) is 8.44. The molecule has 2 unspecified atom stereocenters. The van der Waals surface area contributed by atoms with E-state index in [0.717, 1.165) is 5.92 Å². The van der Waals surface area contributed by atoms with Gasteiger partial charge in [0.15, 0.2) is 0 Å². The second-order valence-electron chi connectivity index (χ2n) is 5.78. The van der Waals surface area contributed by atoms with Crippen molar-refractivity contribution < 1.29 is 0 Å². The van der Waals surface area contributed by atoms with Gasteiger partial charge < -0.3 is 0 Å². The summed E-state index contributed by atoms with van der Waals surface area (Å²) in [6, 6.07) is 9.66. The highest BCUT2D eigenvalue weighted by atomic mass is 32.2. The first-order valence-electron chi connectivity index (χ1n) is 7.46. The SMILES string of the molecule is CCN1CCN(CC2CSc3ccccc32)CC1C. The number of fused-ring (bicyclic) bond motifs is 1. The van der Waals surface area contributed by atoms with E-state index in [2.05, 4.69) is 47.9 Å². The van der Waals surface area contributed by atoms with Gasteiger partial charge in [-0.2, -0.15) is 0 Å². The maximum absolute atomic E-state index is 2.67. The Hall–Kier alpha value is -0.510. The molecule has 19 heavy (non-hydrogen) atoms. The van der Waals surface area contributed by atoms with E-state index in [1.54, 1.807) is 5.56 Å². The van der Waals surface area contributed by atoms with Crippen LogP contribution in [0.2, 0.25) is 0 Å². The molecule has 0 aromatic heterocycles. The van der Waals surface area contributed by atoms with E-state index in [1.807, 2.05) is 11.8 Å². The van der Waals surface area contributed by atoms with Crippen molar-refractivity contribution in [2.24, 2.45) is 0 Å². The molecule has 3 rings (SSSR count). The average molecular weight is 276 g/mol. The van der Waals surface area contributed by atoms with Crippen LogP contribution in [0.1, 0.15) is 25.3 Å². The lowest BCUT2D eigenvalue weighted by Crippen LogP contribution is -2.52. The Kier molecular flexibility index (Phi) is 4.15. The Balaban J connectivity index is 1.62. The van der Waals surface area contributed by atoms with Crippen LogP contribution in [-0.4, -0.2) is 54.3 Å². The van der Waals surface area contributed by atoms with Crippen molar-refractivity contribution in [1.29, 1.82) is 0 Å². The van der Waals surface area contributed by atoms with Crippen LogP contribution in [0.25, 0.3) is 0 Å². The van der Waals surface area contributed by atoms with E-state index in [-0.39, 0.29) is 0 Å². The van der Waals surface area contributed by atoms with Crippen molar-refractivity contribution in [2.75, 3.05) is 38.5 Å². The van der Waals surface area contributed by atoms with E-state index in [9.17, 15) is 0 Å². The van der Waals surface area contributed by atoms with Crippen molar-refractivity contribution >= 4 is 11.8 Å². The highest BCUT2D eigenvalue weighted by molar-refractivity contribution is 7.99. The highest BCUT2D eigenvalue weighted by Crippen LogP contribution is 2.39. The minimum Gasteiger partial charge on any atom is -0.300 e. The summed E-state index contributed by atoms with van der Waals surface area (Å²) in [5.41, 5.74) is 1.58. The average Bonchev–Trinajstić information content (AvgIpc) is 2.83. The molecule has 2 nitrogen and oxygen atoms in total. The summed E-state index contributed by atoms with van der Waals surface area (Å²) in [6.45, 7) is 10.8. The van der Waals surface area contributed by atoms with Crippen LogP contribution < -0.4 is 0 Å². The summed E-state index contributed by atoms with van der Waals surface area (Å²) in [6.07, 6.45) is 0. The van der Waals surface area contributed by atoms with Crippen LogP contribution in [0.4, 0.5) is 0 Å². The van der Waals surface area contributed by atoms with Crippen LogP contribution in [0, 0.1) is 0 Å². The predicted octanol–water partition coefficient (Wildman–Crippen LogP) is 2.90.